The number of nitrogens with one attached hydrogen (secondary N) is 1. The average molecular weight is 369 g/mol. The molecule has 0 unspecified atom stereocenters. The molecule has 8 heteroatoms. The van der Waals surface area contributed by atoms with Crippen molar-refractivity contribution in [3.63, 3.8) is 0 Å². The van der Waals surface area contributed by atoms with Gasteiger partial charge in [0, 0.05) is 12.8 Å². The first-order valence-corrected chi connectivity index (χ1v) is 10.6. The van der Waals surface area contributed by atoms with Gasteiger partial charge in [0.15, 0.2) is 9.84 Å². The van der Waals surface area contributed by atoms with Crippen LogP contribution in [0.3, 0.4) is 0 Å². The van der Waals surface area contributed by atoms with Crippen LogP contribution in [-0.4, -0.2) is 29.7 Å². The Hall–Kier alpha value is -1.90. The number of hydrogen-bond donors (Lipinski definition) is 1. The van der Waals surface area contributed by atoms with Crippen LogP contribution in [0.1, 0.15) is 12.5 Å². The highest BCUT2D eigenvalue weighted by Crippen LogP contribution is 2.16. The summed E-state index contributed by atoms with van der Waals surface area (Å²) in [6.45, 7) is 2.58. The second kappa shape index (κ2) is 7.33. The lowest BCUT2D eigenvalue weighted by molar-refractivity contribution is 0.340. The van der Waals surface area contributed by atoms with Crippen molar-refractivity contribution in [3.05, 3.63) is 54.1 Å². The van der Waals surface area contributed by atoms with E-state index in [2.05, 4.69) is 4.72 Å². The van der Waals surface area contributed by atoms with Gasteiger partial charge in [0.05, 0.1) is 16.4 Å². The molecule has 2 aromatic carbocycles. The molecule has 0 aliphatic heterocycles. The largest absolute Gasteiger partial charge is 0.494 e. The average Bonchev–Trinajstić information content (AvgIpc) is 2.54. The van der Waals surface area contributed by atoms with Crippen molar-refractivity contribution >= 4 is 19.9 Å². The van der Waals surface area contributed by atoms with Crippen LogP contribution in [0.2, 0.25) is 0 Å². The fourth-order valence-electron chi connectivity index (χ4n) is 2.00. The summed E-state index contributed by atoms with van der Waals surface area (Å²) in [6.07, 6.45) is 1.07. The molecule has 0 saturated carbocycles. The van der Waals surface area contributed by atoms with Crippen LogP contribution >= 0.6 is 0 Å². The molecule has 0 saturated heterocycles. The van der Waals surface area contributed by atoms with Gasteiger partial charge in [0.2, 0.25) is 10.0 Å². The fraction of sp³-hybridized carbons (Fsp3) is 0.250. The zero-order chi connectivity index (χ0) is 17.8. The van der Waals surface area contributed by atoms with E-state index in [1.807, 2.05) is 6.92 Å². The van der Waals surface area contributed by atoms with Crippen LogP contribution in [0.15, 0.2) is 58.3 Å². The van der Waals surface area contributed by atoms with Crippen molar-refractivity contribution < 1.29 is 21.6 Å². The Balaban J connectivity index is 2.08. The number of benzene rings is 2. The molecule has 0 fully saturated rings. The third-order valence-corrected chi connectivity index (χ3v) is 5.81. The SMILES string of the molecule is CCOc1ccc(CNS(=O)(=O)c2ccc(S(C)(=O)=O)cc2)cc1. The van der Waals surface area contributed by atoms with Crippen molar-refractivity contribution in [2.24, 2.45) is 0 Å². The van der Waals surface area contributed by atoms with Gasteiger partial charge in [-0.3, -0.25) is 0 Å². The Kier molecular flexibility index (Phi) is 5.63. The van der Waals surface area contributed by atoms with Crippen LogP contribution < -0.4 is 9.46 Å². The summed E-state index contributed by atoms with van der Waals surface area (Å²) in [7, 11) is -7.07. The summed E-state index contributed by atoms with van der Waals surface area (Å²) in [6, 6.07) is 12.2. The molecular formula is C16H19NO5S2. The molecule has 0 radical (unpaired) electrons. The summed E-state index contributed by atoms with van der Waals surface area (Å²) in [4.78, 5) is 0.0915. The lowest BCUT2D eigenvalue weighted by Crippen LogP contribution is -2.23. The molecule has 0 aliphatic carbocycles. The molecule has 2 rings (SSSR count). The zero-order valence-electron chi connectivity index (χ0n) is 13.4. The third kappa shape index (κ3) is 4.80. The van der Waals surface area contributed by atoms with Gasteiger partial charge in [-0.15, -0.1) is 0 Å². The Morgan fingerprint density at radius 1 is 0.875 bits per heavy atom. The molecule has 0 aromatic heterocycles. The van der Waals surface area contributed by atoms with E-state index in [1.165, 1.54) is 24.3 Å². The van der Waals surface area contributed by atoms with E-state index >= 15 is 0 Å². The van der Waals surface area contributed by atoms with Crippen LogP contribution in [0, 0.1) is 0 Å². The Bertz CT molecular complexity index is 886. The smallest absolute Gasteiger partial charge is 0.240 e. The minimum Gasteiger partial charge on any atom is -0.494 e. The summed E-state index contributed by atoms with van der Waals surface area (Å²) >= 11 is 0. The maximum atomic E-state index is 12.3. The van der Waals surface area contributed by atoms with E-state index in [1.54, 1.807) is 24.3 Å². The Morgan fingerprint density at radius 2 is 1.42 bits per heavy atom. The summed E-state index contributed by atoms with van der Waals surface area (Å²) in [5.41, 5.74) is 0.787. The quantitative estimate of drug-likeness (QED) is 0.806. The molecule has 130 valence electrons. The topological polar surface area (TPSA) is 89.5 Å². The lowest BCUT2D eigenvalue weighted by atomic mass is 10.2. The maximum absolute atomic E-state index is 12.3. The van der Waals surface area contributed by atoms with Crippen molar-refractivity contribution in [3.8, 4) is 5.75 Å². The first kappa shape index (κ1) is 18.4. The molecule has 1 N–H and O–H groups in total. The maximum Gasteiger partial charge on any atom is 0.240 e. The first-order chi connectivity index (χ1) is 11.2. The van der Waals surface area contributed by atoms with Gasteiger partial charge in [-0.25, -0.2) is 21.6 Å². The van der Waals surface area contributed by atoms with Gasteiger partial charge in [-0.2, -0.15) is 0 Å². The predicted octanol–water partition coefficient (Wildman–Crippen LogP) is 1.97. The number of rotatable bonds is 7. The third-order valence-electron chi connectivity index (χ3n) is 3.26. The molecule has 2 aromatic rings. The highest BCUT2D eigenvalue weighted by Gasteiger charge is 2.15. The second-order valence-electron chi connectivity index (χ2n) is 5.15. The minimum atomic E-state index is -3.72. The zero-order valence-corrected chi connectivity index (χ0v) is 15.0. The molecule has 0 aliphatic rings. The molecule has 0 atom stereocenters. The molecule has 0 bridgehead atoms. The van der Waals surface area contributed by atoms with Crippen molar-refractivity contribution in [2.45, 2.75) is 23.3 Å². The number of hydrogen-bond acceptors (Lipinski definition) is 5. The van der Waals surface area contributed by atoms with Gasteiger partial charge in [-0.1, -0.05) is 12.1 Å². The molecule has 0 amide bonds. The monoisotopic (exact) mass is 369 g/mol. The number of sulfone groups is 1. The molecular weight excluding hydrogens is 350 g/mol. The summed E-state index contributed by atoms with van der Waals surface area (Å²) in [5.74, 6) is 0.723. The molecule has 6 nitrogen and oxygen atoms in total. The van der Waals surface area contributed by atoms with E-state index < -0.39 is 19.9 Å². The Labute approximate surface area is 142 Å². The van der Waals surface area contributed by atoms with Crippen LogP contribution in [-0.2, 0) is 26.4 Å². The second-order valence-corrected chi connectivity index (χ2v) is 8.93. The molecule has 0 spiro atoms. The summed E-state index contributed by atoms with van der Waals surface area (Å²) < 4.78 is 55.1. The highest BCUT2D eigenvalue weighted by atomic mass is 32.2. The van der Waals surface area contributed by atoms with Gasteiger partial charge in [0.25, 0.3) is 0 Å². The van der Waals surface area contributed by atoms with E-state index in [-0.39, 0.29) is 16.3 Å². The summed E-state index contributed by atoms with van der Waals surface area (Å²) in [5, 5.41) is 0. The van der Waals surface area contributed by atoms with Gasteiger partial charge in [-0.05, 0) is 48.9 Å². The Morgan fingerprint density at radius 3 is 1.92 bits per heavy atom. The first-order valence-electron chi connectivity index (χ1n) is 7.24. The lowest BCUT2D eigenvalue weighted by Gasteiger charge is -2.08. The van der Waals surface area contributed by atoms with E-state index in [0.29, 0.717) is 6.61 Å². The van der Waals surface area contributed by atoms with Gasteiger partial charge < -0.3 is 4.74 Å². The molecule has 0 heterocycles. The standard InChI is InChI=1S/C16H19NO5S2/c1-3-22-14-6-4-13(5-7-14)12-17-24(20,21)16-10-8-15(9-11-16)23(2,18)19/h4-11,17H,3,12H2,1-2H3. The van der Waals surface area contributed by atoms with E-state index in [9.17, 15) is 16.8 Å². The van der Waals surface area contributed by atoms with Crippen molar-refractivity contribution in [1.82, 2.24) is 4.72 Å². The van der Waals surface area contributed by atoms with E-state index in [0.717, 1.165) is 17.6 Å². The van der Waals surface area contributed by atoms with Crippen LogP contribution in [0.25, 0.3) is 0 Å². The van der Waals surface area contributed by atoms with Crippen molar-refractivity contribution in [1.29, 1.82) is 0 Å². The number of sulfonamides is 1. The minimum absolute atomic E-state index is 0.0147. The normalized spacial score (nSPS) is 12.1. The van der Waals surface area contributed by atoms with Gasteiger partial charge >= 0.3 is 0 Å². The highest BCUT2D eigenvalue weighted by molar-refractivity contribution is 7.90. The number of ether oxygens (including phenoxy) is 1. The van der Waals surface area contributed by atoms with Crippen molar-refractivity contribution in [2.75, 3.05) is 12.9 Å². The fourth-order valence-corrected chi connectivity index (χ4v) is 3.65. The van der Waals surface area contributed by atoms with Crippen LogP contribution in [0.5, 0.6) is 5.75 Å². The van der Waals surface area contributed by atoms with Gasteiger partial charge in [0.1, 0.15) is 5.75 Å². The molecule has 24 heavy (non-hydrogen) atoms. The van der Waals surface area contributed by atoms with Crippen LogP contribution in [0.4, 0.5) is 0 Å². The predicted molar refractivity (Wildman–Crippen MR) is 91.2 cm³/mol. The van der Waals surface area contributed by atoms with E-state index in [4.69, 9.17) is 4.74 Å².